The molecule has 2 aliphatic rings. The summed E-state index contributed by atoms with van der Waals surface area (Å²) >= 11 is 0. The zero-order valence-electron chi connectivity index (χ0n) is 16.6. The highest BCUT2D eigenvalue weighted by atomic mass is 16.5. The number of rotatable bonds is 6. The molecule has 0 spiro atoms. The summed E-state index contributed by atoms with van der Waals surface area (Å²) in [5.74, 6) is 0.808. The maximum absolute atomic E-state index is 12.8. The molecule has 3 unspecified atom stereocenters. The van der Waals surface area contributed by atoms with Gasteiger partial charge in [-0.3, -0.25) is 4.79 Å². The molecular formula is C24H28N2O2. The van der Waals surface area contributed by atoms with E-state index in [1.54, 1.807) is 7.11 Å². The summed E-state index contributed by atoms with van der Waals surface area (Å²) in [4.78, 5) is 12.8. The molecular weight excluding hydrogens is 348 g/mol. The average Bonchev–Trinajstić information content (AvgIpc) is 3.21. The molecule has 4 heteroatoms. The van der Waals surface area contributed by atoms with E-state index >= 15 is 0 Å². The lowest BCUT2D eigenvalue weighted by Gasteiger charge is -2.38. The summed E-state index contributed by atoms with van der Waals surface area (Å²) in [6, 6.07) is 15.0. The highest BCUT2D eigenvalue weighted by Crippen LogP contribution is 2.50. The van der Waals surface area contributed by atoms with Gasteiger partial charge in [0.25, 0.3) is 5.91 Å². The third-order valence-electron chi connectivity index (χ3n) is 5.89. The molecule has 1 heterocycles. The zero-order chi connectivity index (χ0) is 19.5. The molecule has 0 aromatic heterocycles. The fraction of sp³-hybridized carbons (Fsp3) is 0.375. The van der Waals surface area contributed by atoms with Gasteiger partial charge in [0.05, 0.1) is 17.3 Å². The maximum atomic E-state index is 12.8. The Morgan fingerprint density at radius 3 is 2.82 bits per heavy atom. The fourth-order valence-corrected chi connectivity index (χ4v) is 4.43. The number of allylic oxidation sites excluding steroid dienone is 2. The summed E-state index contributed by atoms with van der Waals surface area (Å²) in [6.07, 6.45) is 6.46. The Labute approximate surface area is 167 Å². The minimum Gasteiger partial charge on any atom is -0.385 e. The number of carbonyl (C=O) groups excluding carboxylic acids is 1. The number of methoxy groups -OCH3 is 1. The lowest BCUT2D eigenvalue weighted by molar-refractivity contribution is 0.0949. The Balaban J connectivity index is 1.64. The van der Waals surface area contributed by atoms with Gasteiger partial charge in [-0.2, -0.15) is 0 Å². The third-order valence-corrected chi connectivity index (χ3v) is 5.89. The minimum absolute atomic E-state index is 0.0245. The molecule has 1 aliphatic carbocycles. The first kappa shape index (κ1) is 18.8. The van der Waals surface area contributed by atoms with E-state index < -0.39 is 0 Å². The van der Waals surface area contributed by atoms with E-state index in [1.807, 2.05) is 12.1 Å². The fourth-order valence-electron chi connectivity index (χ4n) is 4.43. The molecule has 1 amide bonds. The van der Waals surface area contributed by atoms with Crippen LogP contribution in [0.15, 0.2) is 54.6 Å². The van der Waals surface area contributed by atoms with Gasteiger partial charge in [0.2, 0.25) is 0 Å². The quantitative estimate of drug-likeness (QED) is 0.573. The van der Waals surface area contributed by atoms with Gasteiger partial charge in [0, 0.05) is 26.2 Å². The predicted octanol–water partition coefficient (Wildman–Crippen LogP) is 4.59. The molecule has 0 saturated heterocycles. The van der Waals surface area contributed by atoms with Crippen molar-refractivity contribution in [2.45, 2.75) is 31.7 Å². The van der Waals surface area contributed by atoms with Crippen molar-refractivity contribution < 1.29 is 9.53 Å². The van der Waals surface area contributed by atoms with Gasteiger partial charge in [-0.25, -0.2) is 0 Å². The Bertz CT molecular complexity index is 873. The molecule has 4 nitrogen and oxygen atoms in total. The molecule has 28 heavy (non-hydrogen) atoms. The first-order valence-electron chi connectivity index (χ1n) is 10.1. The second kappa shape index (κ2) is 8.19. The highest BCUT2D eigenvalue weighted by Gasteiger charge is 2.39. The van der Waals surface area contributed by atoms with E-state index in [1.165, 1.54) is 16.7 Å². The number of hydrogen-bond donors (Lipinski definition) is 2. The van der Waals surface area contributed by atoms with E-state index in [-0.39, 0.29) is 11.9 Å². The smallest absolute Gasteiger partial charge is 0.253 e. The predicted molar refractivity (Wildman–Crippen MR) is 113 cm³/mol. The maximum Gasteiger partial charge on any atom is 0.253 e. The van der Waals surface area contributed by atoms with Crippen molar-refractivity contribution in [3.05, 3.63) is 76.9 Å². The summed E-state index contributed by atoms with van der Waals surface area (Å²) in [5, 5.41) is 6.76. The molecule has 2 N–H and O–H groups in total. The van der Waals surface area contributed by atoms with Gasteiger partial charge in [-0.05, 0) is 42.9 Å². The number of aryl methyl sites for hydroxylation is 1. The van der Waals surface area contributed by atoms with Crippen molar-refractivity contribution in [3.63, 3.8) is 0 Å². The van der Waals surface area contributed by atoms with Crippen molar-refractivity contribution >= 4 is 11.6 Å². The van der Waals surface area contributed by atoms with Crippen molar-refractivity contribution in [2.24, 2.45) is 5.92 Å². The van der Waals surface area contributed by atoms with Crippen LogP contribution in [0.25, 0.3) is 0 Å². The Kier molecular flexibility index (Phi) is 5.49. The molecule has 4 rings (SSSR count). The monoisotopic (exact) mass is 376 g/mol. The van der Waals surface area contributed by atoms with E-state index in [0.717, 1.165) is 24.1 Å². The van der Waals surface area contributed by atoms with Gasteiger partial charge in [-0.1, -0.05) is 54.1 Å². The largest absolute Gasteiger partial charge is 0.385 e. The van der Waals surface area contributed by atoms with Crippen LogP contribution in [-0.4, -0.2) is 26.2 Å². The van der Waals surface area contributed by atoms with Crippen LogP contribution in [0, 0.1) is 12.8 Å². The highest BCUT2D eigenvalue weighted by molar-refractivity contribution is 6.00. The van der Waals surface area contributed by atoms with Crippen molar-refractivity contribution in [1.29, 1.82) is 0 Å². The molecule has 1 aliphatic heterocycles. The number of hydrogen-bond acceptors (Lipinski definition) is 3. The number of ether oxygens (including phenoxy) is 1. The molecule has 146 valence electrons. The standard InChI is InChI=1S/C24H28N2O2/c1-16-10-12-17(13-11-16)22-19-7-3-6-18(19)20-8-4-9-21(23(20)26-22)24(27)25-14-5-15-28-2/h3-4,6,8-13,18-19,22,26H,5,7,14-15H2,1-2H3,(H,25,27). The van der Waals surface area contributed by atoms with Crippen LogP contribution in [0.5, 0.6) is 0 Å². The molecule has 0 bridgehead atoms. The number of para-hydroxylation sites is 1. The SMILES string of the molecule is COCCCNC(=O)c1cccc2c1NC(c1ccc(C)cc1)C1CC=CC21. The van der Waals surface area contributed by atoms with Crippen molar-refractivity contribution in [3.8, 4) is 0 Å². The first-order valence-corrected chi connectivity index (χ1v) is 10.1. The van der Waals surface area contributed by atoms with Crippen LogP contribution in [-0.2, 0) is 4.74 Å². The van der Waals surface area contributed by atoms with Crippen LogP contribution in [0.4, 0.5) is 5.69 Å². The Morgan fingerprint density at radius 2 is 2.04 bits per heavy atom. The van der Waals surface area contributed by atoms with Crippen LogP contribution >= 0.6 is 0 Å². The Morgan fingerprint density at radius 1 is 1.21 bits per heavy atom. The van der Waals surface area contributed by atoms with Gasteiger partial charge < -0.3 is 15.4 Å². The molecule has 2 aromatic rings. The Hall–Kier alpha value is -2.59. The number of nitrogens with one attached hydrogen (secondary N) is 2. The van der Waals surface area contributed by atoms with Crippen LogP contribution in [0.3, 0.4) is 0 Å². The molecule has 3 atom stereocenters. The number of carbonyl (C=O) groups is 1. The number of amides is 1. The average molecular weight is 377 g/mol. The lowest BCUT2D eigenvalue weighted by Crippen LogP contribution is -2.32. The summed E-state index contributed by atoms with van der Waals surface area (Å²) in [6.45, 7) is 3.37. The number of fused-ring (bicyclic) bond motifs is 3. The van der Waals surface area contributed by atoms with Gasteiger partial charge in [0.15, 0.2) is 0 Å². The van der Waals surface area contributed by atoms with E-state index in [9.17, 15) is 4.79 Å². The van der Waals surface area contributed by atoms with Gasteiger partial charge in [0.1, 0.15) is 0 Å². The molecule has 2 aromatic carbocycles. The molecule has 0 fully saturated rings. The molecule has 0 radical (unpaired) electrons. The van der Waals surface area contributed by atoms with Crippen LogP contribution in [0.1, 0.15) is 51.8 Å². The van der Waals surface area contributed by atoms with E-state index in [0.29, 0.717) is 25.0 Å². The van der Waals surface area contributed by atoms with E-state index in [2.05, 4.69) is 60.0 Å². The minimum atomic E-state index is -0.0245. The topological polar surface area (TPSA) is 50.4 Å². The zero-order valence-corrected chi connectivity index (χ0v) is 16.6. The van der Waals surface area contributed by atoms with Crippen molar-refractivity contribution in [2.75, 3.05) is 25.6 Å². The lowest BCUT2D eigenvalue weighted by atomic mass is 9.76. The third kappa shape index (κ3) is 3.57. The van der Waals surface area contributed by atoms with Crippen molar-refractivity contribution in [1.82, 2.24) is 5.32 Å². The second-order valence-corrected chi connectivity index (χ2v) is 7.76. The van der Waals surface area contributed by atoms with Crippen LogP contribution < -0.4 is 10.6 Å². The number of benzene rings is 2. The van der Waals surface area contributed by atoms with Crippen LogP contribution in [0.2, 0.25) is 0 Å². The first-order chi connectivity index (χ1) is 13.7. The summed E-state index contributed by atoms with van der Waals surface area (Å²) in [7, 11) is 1.68. The number of anilines is 1. The normalized spacial score (nSPS) is 22.3. The van der Waals surface area contributed by atoms with Gasteiger partial charge in [-0.15, -0.1) is 0 Å². The van der Waals surface area contributed by atoms with Gasteiger partial charge >= 0.3 is 0 Å². The second-order valence-electron chi connectivity index (χ2n) is 7.76. The summed E-state index contributed by atoms with van der Waals surface area (Å²) < 4.78 is 5.07. The summed E-state index contributed by atoms with van der Waals surface area (Å²) in [5.41, 5.74) is 5.48. The molecule has 0 saturated carbocycles. The van der Waals surface area contributed by atoms with E-state index in [4.69, 9.17) is 4.74 Å².